The highest BCUT2D eigenvalue weighted by Gasteiger charge is 2.34. The maximum atomic E-state index is 12.9. The molecular weight excluding hydrogens is 321 g/mol. The number of hydrogen-bond acceptors (Lipinski definition) is 2. The number of nitrogens with one attached hydrogen (secondary N) is 1. The van der Waals surface area contributed by atoms with Crippen LogP contribution in [-0.4, -0.2) is 31.1 Å². The summed E-state index contributed by atoms with van der Waals surface area (Å²) in [4.78, 5) is 1.96. The second-order valence-electron chi connectivity index (χ2n) is 5.25. The first-order valence-electron chi connectivity index (χ1n) is 5.82. The SMILES string of the molecule is CN(C)C(C)(C)CNc1ccc(Br)cc1C(F)(F)F. The Morgan fingerprint density at radius 1 is 1.21 bits per heavy atom. The molecule has 0 aliphatic carbocycles. The van der Waals surface area contributed by atoms with Crippen molar-refractivity contribution in [2.75, 3.05) is 26.0 Å². The van der Waals surface area contributed by atoms with E-state index < -0.39 is 11.7 Å². The monoisotopic (exact) mass is 338 g/mol. The van der Waals surface area contributed by atoms with Crippen LogP contribution in [-0.2, 0) is 6.18 Å². The number of likely N-dealkylation sites (N-methyl/N-ethyl adjacent to an activating group) is 1. The van der Waals surface area contributed by atoms with Gasteiger partial charge in [0.2, 0.25) is 0 Å². The molecule has 0 unspecified atom stereocenters. The highest BCUT2D eigenvalue weighted by Crippen LogP contribution is 2.36. The van der Waals surface area contributed by atoms with Gasteiger partial charge in [-0.1, -0.05) is 15.9 Å². The molecule has 1 aromatic carbocycles. The summed E-state index contributed by atoms with van der Waals surface area (Å²) in [6.45, 7) is 4.35. The van der Waals surface area contributed by atoms with Gasteiger partial charge in [0, 0.05) is 22.2 Å². The fraction of sp³-hybridized carbons (Fsp3) is 0.538. The van der Waals surface area contributed by atoms with E-state index >= 15 is 0 Å². The number of rotatable bonds is 4. The average molecular weight is 339 g/mol. The minimum absolute atomic E-state index is 0.102. The lowest BCUT2D eigenvalue weighted by atomic mass is 10.0. The van der Waals surface area contributed by atoms with E-state index in [0.717, 1.165) is 6.07 Å². The Bertz CT molecular complexity index is 442. The zero-order valence-electron chi connectivity index (χ0n) is 11.4. The van der Waals surface area contributed by atoms with Gasteiger partial charge in [-0.2, -0.15) is 13.2 Å². The topological polar surface area (TPSA) is 15.3 Å². The normalized spacial score (nSPS) is 12.9. The smallest absolute Gasteiger partial charge is 0.383 e. The maximum absolute atomic E-state index is 12.9. The van der Waals surface area contributed by atoms with Gasteiger partial charge < -0.3 is 10.2 Å². The van der Waals surface area contributed by atoms with E-state index in [-0.39, 0.29) is 11.2 Å². The molecular formula is C13H18BrF3N2. The van der Waals surface area contributed by atoms with Crippen LogP contribution >= 0.6 is 15.9 Å². The summed E-state index contributed by atoms with van der Waals surface area (Å²) in [6, 6.07) is 4.13. The molecule has 1 aromatic rings. The van der Waals surface area contributed by atoms with Crippen molar-refractivity contribution in [3.63, 3.8) is 0 Å². The largest absolute Gasteiger partial charge is 0.418 e. The van der Waals surface area contributed by atoms with Crippen LogP contribution in [0.2, 0.25) is 0 Å². The molecule has 2 nitrogen and oxygen atoms in total. The van der Waals surface area contributed by atoms with Crippen molar-refractivity contribution in [1.29, 1.82) is 0 Å². The molecule has 19 heavy (non-hydrogen) atoms. The van der Waals surface area contributed by atoms with Gasteiger partial charge in [0.15, 0.2) is 0 Å². The van der Waals surface area contributed by atoms with E-state index in [1.807, 2.05) is 32.8 Å². The van der Waals surface area contributed by atoms with Crippen LogP contribution in [0.15, 0.2) is 22.7 Å². The molecule has 6 heteroatoms. The van der Waals surface area contributed by atoms with Gasteiger partial charge in [-0.3, -0.25) is 0 Å². The maximum Gasteiger partial charge on any atom is 0.418 e. The summed E-state index contributed by atoms with van der Waals surface area (Å²) >= 11 is 3.07. The third kappa shape index (κ3) is 4.38. The molecule has 108 valence electrons. The van der Waals surface area contributed by atoms with E-state index in [4.69, 9.17) is 0 Å². The van der Waals surface area contributed by atoms with Crippen LogP contribution in [0.4, 0.5) is 18.9 Å². The second-order valence-corrected chi connectivity index (χ2v) is 6.16. The summed E-state index contributed by atoms with van der Waals surface area (Å²) in [6.07, 6.45) is -4.37. The van der Waals surface area contributed by atoms with Crippen LogP contribution in [0.5, 0.6) is 0 Å². The van der Waals surface area contributed by atoms with Crippen LogP contribution < -0.4 is 5.32 Å². The number of benzene rings is 1. The Hall–Kier alpha value is -0.750. The molecule has 0 spiro atoms. The predicted molar refractivity (Wildman–Crippen MR) is 75.4 cm³/mol. The minimum Gasteiger partial charge on any atom is -0.383 e. The molecule has 0 bridgehead atoms. The number of alkyl halides is 3. The molecule has 0 saturated heterocycles. The van der Waals surface area contributed by atoms with Crippen LogP contribution in [0.1, 0.15) is 19.4 Å². The summed E-state index contributed by atoms with van der Waals surface area (Å²) < 4.78 is 39.2. The molecule has 1 N–H and O–H groups in total. The van der Waals surface area contributed by atoms with Crippen molar-refractivity contribution >= 4 is 21.6 Å². The molecule has 0 fully saturated rings. The third-order valence-corrected chi connectivity index (χ3v) is 3.70. The fourth-order valence-electron chi connectivity index (χ4n) is 1.37. The molecule has 0 heterocycles. The summed E-state index contributed by atoms with van der Waals surface area (Å²) in [5, 5.41) is 2.89. The highest BCUT2D eigenvalue weighted by molar-refractivity contribution is 9.10. The summed E-state index contributed by atoms with van der Waals surface area (Å²) in [5.74, 6) is 0. The number of anilines is 1. The Kier molecular flexibility index (Phi) is 4.90. The molecule has 0 atom stereocenters. The number of halogens is 4. The first-order valence-corrected chi connectivity index (χ1v) is 6.61. The van der Waals surface area contributed by atoms with Gasteiger partial charge in [-0.15, -0.1) is 0 Å². The number of nitrogens with zero attached hydrogens (tertiary/aromatic N) is 1. The first kappa shape index (κ1) is 16.3. The lowest BCUT2D eigenvalue weighted by Crippen LogP contribution is -2.44. The van der Waals surface area contributed by atoms with Gasteiger partial charge in [-0.25, -0.2) is 0 Å². The Morgan fingerprint density at radius 3 is 2.26 bits per heavy atom. The second kappa shape index (κ2) is 5.71. The molecule has 0 amide bonds. The van der Waals surface area contributed by atoms with Crippen LogP contribution in [0.25, 0.3) is 0 Å². The molecule has 1 rings (SSSR count). The van der Waals surface area contributed by atoms with Gasteiger partial charge in [0.05, 0.1) is 5.56 Å². The van der Waals surface area contributed by atoms with E-state index in [9.17, 15) is 13.2 Å². The van der Waals surface area contributed by atoms with E-state index in [2.05, 4.69) is 21.2 Å². The average Bonchev–Trinajstić information content (AvgIpc) is 2.26. The highest BCUT2D eigenvalue weighted by atomic mass is 79.9. The quantitative estimate of drug-likeness (QED) is 0.884. The van der Waals surface area contributed by atoms with E-state index in [0.29, 0.717) is 11.0 Å². The third-order valence-electron chi connectivity index (χ3n) is 3.21. The van der Waals surface area contributed by atoms with Gasteiger partial charge in [-0.05, 0) is 46.1 Å². The molecule has 0 saturated carbocycles. The van der Waals surface area contributed by atoms with E-state index in [1.54, 1.807) is 6.07 Å². The van der Waals surface area contributed by atoms with Crippen molar-refractivity contribution in [1.82, 2.24) is 4.90 Å². The van der Waals surface area contributed by atoms with Crippen molar-refractivity contribution < 1.29 is 13.2 Å². The Morgan fingerprint density at radius 2 is 1.79 bits per heavy atom. The van der Waals surface area contributed by atoms with E-state index in [1.165, 1.54) is 6.07 Å². The zero-order valence-corrected chi connectivity index (χ0v) is 13.0. The zero-order chi connectivity index (χ0) is 14.8. The van der Waals surface area contributed by atoms with Crippen molar-refractivity contribution in [2.45, 2.75) is 25.6 Å². The van der Waals surface area contributed by atoms with Gasteiger partial charge in [0.1, 0.15) is 0 Å². The van der Waals surface area contributed by atoms with Crippen molar-refractivity contribution in [3.8, 4) is 0 Å². The van der Waals surface area contributed by atoms with Crippen LogP contribution in [0, 0.1) is 0 Å². The number of hydrogen-bond donors (Lipinski definition) is 1. The lowest BCUT2D eigenvalue weighted by Gasteiger charge is -2.33. The van der Waals surface area contributed by atoms with Crippen molar-refractivity contribution in [2.24, 2.45) is 0 Å². The predicted octanol–water partition coefficient (Wildman–Crippen LogP) is 4.22. The minimum atomic E-state index is -4.37. The lowest BCUT2D eigenvalue weighted by molar-refractivity contribution is -0.137. The molecule has 0 radical (unpaired) electrons. The first-order chi connectivity index (χ1) is 8.54. The molecule has 0 aliphatic heterocycles. The molecule has 0 aliphatic rings. The fourth-order valence-corrected chi connectivity index (χ4v) is 1.74. The van der Waals surface area contributed by atoms with Gasteiger partial charge in [0.25, 0.3) is 0 Å². The molecule has 0 aromatic heterocycles. The summed E-state index contributed by atoms with van der Waals surface area (Å²) in [5.41, 5.74) is -0.794. The Labute approximate surface area is 120 Å². The van der Waals surface area contributed by atoms with Crippen molar-refractivity contribution in [3.05, 3.63) is 28.2 Å². The van der Waals surface area contributed by atoms with Gasteiger partial charge >= 0.3 is 6.18 Å². The standard InChI is InChI=1S/C13H18BrF3N2/c1-12(2,19(3)4)8-18-11-6-5-9(14)7-10(11)13(15,16)17/h5-7,18H,8H2,1-4H3. The van der Waals surface area contributed by atoms with Crippen LogP contribution in [0.3, 0.4) is 0 Å². The Balaban J connectivity index is 2.96. The summed E-state index contributed by atoms with van der Waals surface area (Å²) in [7, 11) is 3.79.